The maximum Gasteiger partial charge on any atom is 0.152 e. The van der Waals surface area contributed by atoms with Crippen LogP contribution in [0.15, 0.2) is 22.7 Å². The van der Waals surface area contributed by atoms with Crippen LogP contribution in [0.3, 0.4) is 0 Å². The van der Waals surface area contributed by atoms with Crippen molar-refractivity contribution in [2.45, 2.75) is 32.7 Å². The van der Waals surface area contributed by atoms with E-state index in [1.54, 1.807) is 0 Å². The van der Waals surface area contributed by atoms with Gasteiger partial charge in [-0.25, -0.2) is 4.98 Å². The van der Waals surface area contributed by atoms with Crippen LogP contribution >= 0.6 is 39.1 Å². The smallest absolute Gasteiger partial charge is 0.152 e. The number of aromatic amines is 1. The van der Waals surface area contributed by atoms with Gasteiger partial charge < -0.3 is 10.3 Å². The van der Waals surface area contributed by atoms with E-state index in [0.29, 0.717) is 16.7 Å². The zero-order chi connectivity index (χ0) is 14.5. The topological polar surface area (TPSA) is 40.7 Å². The summed E-state index contributed by atoms with van der Waals surface area (Å²) in [5.41, 5.74) is 1.84. The first-order chi connectivity index (χ1) is 9.60. The summed E-state index contributed by atoms with van der Waals surface area (Å²) < 4.78 is 0.881. The van der Waals surface area contributed by atoms with Gasteiger partial charge >= 0.3 is 0 Å². The molecule has 0 aliphatic heterocycles. The van der Waals surface area contributed by atoms with Gasteiger partial charge in [0.25, 0.3) is 0 Å². The van der Waals surface area contributed by atoms with Gasteiger partial charge in [-0.15, -0.1) is 0 Å². The Labute approximate surface area is 137 Å². The van der Waals surface area contributed by atoms with Gasteiger partial charge in [0.05, 0.1) is 17.3 Å². The molecule has 1 heterocycles. The zero-order valence-electron chi connectivity index (χ0n) is 11.1. The molecule has 0 amide bonds. The Bertz CT molecular complexity index is 584. The van der Waals surface area contributed by atoms with Crippen LogP contribution in [0.25, 0.3) is 0 Å². The average Bonchev–Trinajstić information content (AvgIpc) is 2.78. The summed E-state index contributed by atoms with van der Waals surface area (Å²) in [5, 5.41) is 4.49. The highest BCUT2D eigenvalue weighted by Crippen LogP contribution is 2.26. The van der Waals surface area contributed by atoms with Gasteiger partial charge in [0.1, 0.15) is 5.82 Å². The van der Waals surface area contributed by atoms with Crippen LogP contribution in [0.2, 0.25) is 10.2 Å². The summed E-state index contributed by atoms with van der Waals surface area (Å²) in [6.45, 7) is 2.75. The monoisotopic (exact) mass is 375 g/mol. The van der Waals surface area contributed by atoms with Crippen molar-refractivity contribution in [1.82, 2.24) is 9.97 Å². The first-order valence-corrected chi connectivity index (χ1v) is 8.07. The van der Waals surface area contributed by atoms with E-state index in [1.165, 1.54) is 0 Å². The zero-order valence-corrected chi connectivity index (χ0v) is 14.2. The summed E-state index contributed by atoms with van der Waals surface area (Å²) in [7, 11) is 0. The molecule has 0 saturated heterocycles. The molecule has 0 fully saturated rings. The highest BCUT2D eigenvalue weighted by atomic mass is 79.9. The highest BCUT2D eigenvalue weighted by molar-refractivity contribution is 9.10. The third-order valence-corrected chi connectivity index (χ3v) is 4.48. The molecular weight excluding hydrogens is 361 g/mol. The molecule has 1 aromatic carbocycles. The van der Waals surface area contributed by atoms with Crippen LogP contribution in [0.1, 0.15) is 31.3 Å². The fraction of sp³-hybridized carbons (Fsp3) is 0.357. The van der Waals surface area contributed by atoms with E-state index in [2.05, 4.69) is 38.1 Å². The number of hydrogen-bond donors (Lipinski definition) is 2. The van der Waals surface area contributed by atoms with E-state index in [1.807, 2.05) is 18.2 Å². The minimum atomic E-state index is 0.534. The Morgan fingerprint density at radius 3 is 2.85 bits per heavy atom. The van der Waals surface area contributed by atoms with Crippen molar-refractivity contribution in [3.63, 3.8) is 0 Å². The molecule has 2 N–H and O–H groups in total. The molecule has 0 spiro atoms. The molecule has 108 valence electrons. The lowest BCUT2D eigenvalue weighted by Crippen LogP contribution is -2.00. The minimum Gasteiger partial charge on any atom is -0.379 e. The third-order valence-electron chi connectivity index (χ3n) is 2.93. The third kappa shape index (κ3) is 4.14. The fourth-order valence-electron chi connectivity index (χ4n) is 1.82. The molecule has 20 heavy (non-hydrogen) atoms. The first-order valence-electron chi connectivity index (χ1n) is 6.52. The summed E-state index contributed by atoms with van der Waals surface area (Å²) >= 11 is 15.6. The molecular formula is C14H16BrCl2N3. The number of aromatic nitrogens is 2. The lowest BCUT2D eigenvalue weighted by atomic mass is 10.2. The molecule has 0 atom stereocenters. The highest BCUT2D eigenvalue weighted by Gasteiger charge is 2.08. The number of unbranched alkanes of at least 4 members (excludes halogenated alkanes) is 1. The van der Waals surface area contributed by atoms with Crippen molar-refractivity contribution in [3.8, 4) is 0 Å². The van der Waals surface area contributed by atoms with Gasteiger partial charge in [-0.1, -0.05) is 36.5 Å². The van der Waals surface area contributed by atoms with E-state index in [0.717, 1.165) is 40.9 Å². The number of imidazole rings is 1. The van der Waals surface area contributed by atoms with Crippen LogP contribution in [-0.4, -0.2) is 9.97 Å². The number of hydrogen-bond acceptors (Lipinski definition) is 2. The summed E-state index contributed by atoms with van der Waals surface area (Å²) in [6, 6.07) is 5.73. The second-order valence-corrected chi connectivity index (χ2v) is 6.16. The molecule has 3 nitrogen and oxygen atoms in total. The lowest BCUT2D eigenvalue weighted by Gasteiger charge is -2.06. The van der Waals surface area contributed by atoms with Crippen LogP contribution in [0.5, 0.6) is 0 Å². The average molecular weight is 377 g/mol. The van der Waals surface area contributed by atoms with E-state index in [-0.39, 0.29) is 0 Å². The van der Waals surface area contributed by atoms with Crippen molar-refractivity contribution in [2.75, 3.05) is 5.32 Å². The minimum absolute atomic E-state index is 0.534. The van der Waals surface area contributed by atoms with E-state index in [4.69, 9.17) is 23.2 Å². The van der Waals surface area contributed by atoms with Crippen LogP contribution in [0, 0.1) is 0 Å². The van der Waals surface area contributed by atoms with Gasteiger partial charge in [0.2, 0.25) is 0 Å². The molecule has 2 aromatic rings. The van der Waals surface area contributed by atoms with Crippen molar-refractivity contribution in [3.05, 3.63) is 44.4 Å². The molecule has 0 bridgehead atoms. The van der Waals surface area contributed by atoms with Crippen LogP contribution in [-0.2, 0) is 13.0 Å². The Hall–Kier alpha value is -0.710. The van der Waals surface area contributed by atoms with Crippen molar-refractivity contribution in [2.24, 2.45) is 0 Å². The predicted octanol–water partition coefficient (Wildman–Crippen LogP) is 5.43. The normalized spacial score (nSPS) is 10.8. The predicted molar refractivity (Wildman–Crippen MR) is 88.7 cm³/mol. The molecule has 0 aliphatic carbocycles. The summed E-state index contributed by atoms with van der Waals surface area (Å²) in [5.74, 6) is 0.947. The number of benzene rings is 1. The number of nitrogens with zero attached hydrogens (tertiary/aromatic N) is 1. The SMILES string of the molecule is CCCCc1nc(Cl)c(CNc2ccc(Br)c(Cl)c2)[nH]1. The van der Waals surface area contributed by atoms with Crippen LogP contribution in [0.4, 0.5) is 5.69 Å². The lowest BCUT2D eigenvalue weighted by molar-refractivity contribution is 0.760. The second-order valence-electron chi connectivity index (χ2n) is 4.54. The van der Waals surface area contributed by atoms with Gasteiger partial charge in [-0.05, 0) is 40.5 Å². The molecule has 0 radical (unpaired) electrons. The van der Waals surface area contributed by atoms with Crippen molar-refractivity contribution in [1.29, 1.82) is 0 Å². The fourth-order valence-corrected chi connectivity index (χ4v) is 2.46. The number of rotatable bonds is 6. The number of halogens is 3. The number of anilines is 1. The number of nitrogens with one attached hydrogen (secondary N) is 2. The molecule has 6 heteroatoms. The van der Waals surface area contributed by atoms with E-state index >= 15 is 0 Å². The first kappa shape index (κ1) is 15.7. The van der Waals surface area contributed by atoms with E-state index < -0.39 is 0 Å². The summed E-state index contributed by atoms with van der Waals surface area (Å²) in [4.78, 5) is 7.59. The largest absolute Gasteiger partial charge is 0.379 e. The summed E-state index contributed by atoms with van der Waals surface area (Å²) in [6.07, 6.45) is 3.18. The van der Waals surface area contributed by atoms with Crippen LogP contribution < -0.4 is 5.32 Å². The Morgan fingerprint density at radius 1 is 1.35 bits per heavy atom. The van der Waals surface area contributed by atoms with Gasteiger partial charge in [-0.3, -0.25) is 0 Å². The maximum absolute atomic E-state index is 6.13. The molecule has 0 aliphatic rings. The van der Waals surface area contributed by atoms with Crippen molar-refractivity contribution < 1.29 is 0 Å². The van der Waals surface area contributed by atoms with Gasteiger partial charge in [0, 0.05) is 16.6 Å². The standard InChI is InChI=1S/C14H16BrCl2N3/c1-2-3-4-13-19-12(14(17)20-13)8-18-9-5-6-10(15)11(16)7-9/h5-7,18H,2-4,8H2,1H3,(H,19,20). The molecule has 0 unspecified atom stereocenters. The van der Waals surface area contributed by atoms with E-state index in [9.17, 15) is 0 Å². The Balaban J connectivity index is 1.99. The van der Waals surface area contributed by atoms with Crippen molar-refractivity contribution >= 4 is 44.8 Å². The molecule has 0 saturated carbocycles. The molecule has 2 rings (SSSR count). The second kappa shape index (κ2) is 7.34. The number of aryl methyl sites for hydroxylation is 1. The molecule has 1 aromatic heterocycles. The Kier molecular flexibility index (Phi) is 5.75. The number of H-pyrrole nitrogens is 1. The van der Waals surface area contributed by atoms with Gasteiger partial charge in [0.15, 0.2) is 5.15 Å². The maximum atomic E-state index is 6.13. The quantitative estimate of drug-likeness (QED) is 0.705. The van der Waals surface area contributed by atoms with Gasteiger partial charge in [-0.2, -0.15) is 0 Å². The Morgan fingerprint density at radius 2 is 2.15 bits per heavy atom.